The van der Waals surface area contributed by atoms with Gasteiger partial charge in [0.05, 0.1) is 22.8 Å². The maximum atomic E-state index is 10.8. The molecule has 1 aromatic heterocycles. The highest BCUT2D eigenvalue weighted by Gasteiger charge is 2.19. The highest BCUT2D eigenvalue weighted by Crippen LogP contribution is 2.22. The van der Waals surface area contributed by atoms with E-state index in [-0.39, 0.29) is 5.75 Å². The number of nitrogens with zero attached hydrogens (tertiary/aromatic N) is 1. The maximum absolute atomic E-state index is 10.8. The number of ether oxygens (including phenoxy) is 1. The normalized spacial score (nSPS) is 12.8. The Hall–Kier alpha value is -1.44. The van der Waals surface area contributed by atoms with Gasteiger partial charge in [-0.1, -0.05) is 23.5 Å². The molecule has 0 spiro atoms. The molecule has 0 amide bonds. The van der Waals surface area contributed by atoms with Gasteiger partial charge in [0, 0.05) is 18.2 Å². The smallest absolute Gasteiger partial charge is 0.266 e. The topological polar surface area (TPSA) is 70.3 Å². The number of fused-ring (bicyclic) bond motifs is 1. The van der Waals surface area contributed by atoms with Crippen molar-refractivity contribution in [2.45, 2.75) is 26.8 Å². The second-order valence-corrected chi connectivity index (χ2v) is 7.45. The zero-order valence-corrected chi connectivity index (χ0v) is 14.2. The summed E-state index contributed by atoms with van der Waals surface area (Å²) in [6.45, 7) is 4.90. The molecule has 0 radical (unpaired) electrons. The zero-order chi connectivity index (χ0) is 16.2. The molecule has 2 aromatic rings. The molecule has 1 heterocycles. The minimum atomic E-state index is -4.18. The standard InChI is InChI=1S/C15H19NO4S2/c1-3-20-12(2)11-15-16(9-6-10-22(17,18)19)13-7-4-5-8-14(13)21-15/h4-5,7-8,11H,3,6,9-10H2,1-2H3/b12-11+. The molecule has 0 unspecified atom stereocenters. The average Bonchev–Trinajstić information content (AvgIpc) is 2.76. The van der Waals surface area contributed by atoms with Gasteiger partial charge in [-0.3, -0.25) is 0 Å². The van der Waals surface area contributed by atoms with Gasteiger partial charge in [-0.15, -0.1) is 0 Å². The Morgan fingerprint density at radius 2 is 2.14 bits per heavy atom. The fraction of sp³-hybridized carbons (Fsp3) is 0.400. The first-order valence-electron chi connectivity index (χ1n) is 7.06. The van der Waals surface area contributed by atoms with Crippen LogP contribution in [-0.4, -0.2) is 25.3 Å². The van der Waals surface area contributed by atoms with E-state index in [2.05, 4.69) is 0 Å². The second kappa shape index (κ2) is 7.21. The fourth-order valence-electron chi connectivity index (χ4n) is 2.23. The molecule has 7 heteroatoms. The number of aromatic nitrogens is 1. The van der Waals surface area contributed by atoms with E-state index in [1.807, 2.05) is 48.8 Å². The third-order valence-corrected chi connectivity index (χ3v) is 5.01. The first-order valence-corrected chi connectivity index (χ1v) is 9.46. The molecular formula is C15H19NO4S2. The lowest BCUT2D eigenvalue weighted by molar-refractivity contribution is -0.668. The van der Waals surface area contributed by atoms with Crippen molar-refractivity contribution in [1.29, 1.82) is 0 Å². The lowest BCUT2D eigenvalue weighted by Crippen LogP contribution is -2.36. The van der Waals surface area contributed by atoms with Gasteiger partial charge in [0.2, 0.25) is 5.52 Å². The van der Waals surface area contributed by atoms with Crippen LogP contribution in [0, 0.1) is 0 Å². The quantitative estimate of drug-likeness (QED) is 0.441. The number of allylic oxidation sites excluding steroid dienone is 1. The van der Waals surface area contributed by atoms with Crippen molar-refractivity contribution in [3.05, 3.63) is 35.0 Å². The maximum Gasteiger partial charge on any atom is 0.266 e. The fourth-order valence-corrected chi connectivity index (χ4v) is 3.90. The van der Waals surface area contributed by atoms with Gasteiger partial charge in [-0.05, 0) is 19.9 Å². The van der Waals surface area contributed by atoms with E-state index in [1.54, 1.807) is 11.3 Å². The molecule has 0 atom stereocenters. The van der Waals surface area contributed by atoms with Crippen molar-refractivity contribution in [3.8, 4) is 0 Å². The first-order chi connectivity index (χ1) is 10.4. The first kappa shape index (κ1) is 16.9. The summed E-state index contributed by atoms with van der Waals surface area (Å²) in [6.07, 6.45) is 2.24. The van der Waals surface area contributed by atoms with E-state index in [1.165, 1.54) is 0 Å². The highest BCUT2D eigenvalue weighted by molar-refractivity contribution is 7.85. The summed E-state index contributed by atoms with van der Waals surface area (Å²) in [6, 6.07) is 7.92. The van der Waals surface area contributed by atoms with Crippen molar-refractivity contribution in [2.24, 2.45) is 0 Å². The molecule has 22 heavy (non-hydrogen) atoms. The molecule has 0 N–H and O–H groups in total. The van der Waals surface area contributed by atoms with Gasteiger partial charge < -0.3 is 9.29 Å². The van der Waals surface area contributed by atoms with Crippen LogP contribution in [0.15, 0.2) is 30.0 Å². The summed E-state index contributed by atoms with van der Waals surface area (Å²) in [5, 5.41) is 0.982. The van der Waals surface area contributed by atoms with Crippen LogP contribution in [0.5, 0.6) is 0 Å². The van der Waals surface area contributed by atoms with E-state index >= 15 is 0 Å². The second-order valence-electron chi connectivity index (χ2n) is 4.86. The van der Waals surface area contributed by atoms with Crippen LogP contribution in [0.1, 0.15) is 25.3 Å². The molecule has 0 saturated heterocycles. The van der Waals surface area contributed by atoms with Crippen molar-refractivity contribution in [2.75, 3.05) is 12.4 Å². The van der Waals surface area contributed by atoms with E-state index in [9.17, 15) is 13.0 Å². The monoisotopic (exact) mass is 341 g/mol. The van der Waals surface area contributed by atoms with Crippen LogP contribution in [0.3, 0.4) is 0 Å². The molecule has 0 aliphatic rings. The van der Waals surface area contributed by atoms with Crippen LogP contribution in [0.4, 0.5) is 0 Å². The Bertz CT molecular complexity index is 778. The summed E-state index contributed by atoms with van der Waals surface area (Å²) >= 11 is 1.62. The third-order valence-electron chi connectivity index (χ3n) is 3.11. The molecule has 1 aromatic carbocycles. The number of benzene rings is 1. The summed E-state index contributed by atoms with van der Waals surface area (Å²) in [4.78, 5) is 0. The number of rotatable bonds is 7. The molecular weight excluding hydrogens is 322 g/mol. The van der Waals surface area contributed by atoms with E-state index in [4.69, 9.17) is 4.74 Å². The molecule has 0 fully saturated rings. The van der Waals surface area contributed by atoms with Crippen LogP contribution >= 0.6 is 11.3 Å². The van der Waals surface area contributed by atoms with E-state index in [0.29, 0.717) is 19.6 Å². The van der Waals surface area contributed by atoms with Crippen molar-refractivity contribution in [1.82, 2.24) is 0 Å². The van der Waals surface area contributed by atoms with Crippen LogP contribution in [0.2, 0.25) is 0 Å². The Morgan fingerprint density at radius 3 is 2.82 bits per heavy atom. The Labute approximate surface area is 134 Å². The SMILES string of the molecule is CCO/C(C)=C/c1sc2ccccc2[n+]1CCCS(=O)(=O)[O-]. The van der Waals surface area contributed by atoms with Gasteiger partial charge in [0.25, 0.3) is 5.01 Å². The lowest BCUT2D eigenvalue weighted by atomic mass is 10.3. The zero-order valence-electron chi connectivity index (χ0n) is 12.6. The number of hydrogen-bond donors (Lipinski definition) is 0. The largest absolute Gasteiger partial charge is 0.748 e. The molecule has 2 rings (SSSR count). The van der Waals surface area contributed by atoms with E-state index in [0.717, 1.165) is 21.0 Å². The number of hydrogen-bond acceptors (Lipinski definition) is 5. The lowest BCUT2D eigenvalue weighted by Gasteiger charge is -2.04. The van der Waals surface area contributed by atoms with Gasteiger partial charge in [-0.25, -0.2) is 8.42 Å². The van der Waals surface area contributed by atoms with E-state index < -0.39 is 10.1 Å². The van der Waals surface area contributed by atoms with Crippen LogP contribution < -0.4 is 4.57 Å². The predicted octanol–water partition coefficient (Wildman–Crippen LogP) is 2.52. The molecule has 0 aliphatic heterocycles. The van der Waals surface area contributed by atoms with Crippen LogP contribution in [-0.2, 0) is 21.4 Å². The molecule has 0 saturated carbocycles. The van der Waals surface area contributed by atoms with Gasteiger partial charge >= 0.3 is 0 Å². The third kappa shape index (κ3) is 4.53. The summed E-state index contributed by atoms with van der Waals surface area (Å²) in [7, 11) is -4.18. The molecule has 0 aliphatic carbocycles. The van der Waals surface area contributed by atoms with Gasteiger partial charge in [-0.2, -0.15) is 4.57 Å². The summed E-state index contributed by atoms with van der Waals surface area (Å²) in [5.41, 5.74) is 1.03. The van der Waals surface area contributed by atoms with Crippen molar-refractivity contribution < 1.29 is 22.3 Å². The van der Waals surface area contributed by atoms with Gasteiger partial charge in [0.1, 0.15) is 10.5 Å². The van der Waals surface area contributed by atoms with Crippen molar-refractivity contribution >= 4 is 37.7 Å². The summed E-state index contributed by atoms with van der Waals surface area (Å²) in [5.74, 6) is 0.455. The van der Waals surface area contributed by atoms with Crippen LogP contribution in [0.25, 0.3) is 16.3 Å². The molecule has 5 nitrogen and oxygen atoms in total. The molecule has 120 valence electrons. The Kier molecular flexibility index (Phi) is 5.55. The van der Waals surface area contributed by atoms with Gasteiger partial charge in [0.15, 0.2) is 6.54 Å². The average molecular weight is 341 g/mol. The minimum Gasteiger partial charge on any atom is -0.748 e. The number of para-hydroxylation sites is 1. The highest BCUT2D eigenvalue weighted by atomic mass is 32.2. The Morgan fingerprint density at radius 1 is 1.41 bits per heavy atom. The summed E-state index contributed by atoms with van der Waals surface area (Å²) < 4.78 is 40.9. The number of aryl methyl sites for hydroxylation is 1. The van der Waals surface area contributed by atoms with Crippen molar-refractivity contribution in [3.63, 3.8) is 0 Å². The molecule has 0 bridgehead atoms. The Balaban J connectivity index is 2.34. The minimum absolute atomic E-state index is 0.297. The number of thiazole rings is 1. The predicted molar refractivity (Wildman–Crippen MR) is 86.5 cm³/mol.